The number of likely N-dealkylation sites (N-methyl/N-ethyl adjacent to an activating group) is 1. The van der Waals surface area contributed by atoms with E-state index in [0.29, 0.717) is 30.2 Å². The first-order valence-electron chi connectivity index (χ1n) is 9.59. The molecule has 2 aromatic rings. The Morgan fingerprint density at radius 1 is 1.16 bits per heavy atom. The van der Waals surface area contributed by atoms with Crippen molar-refractivity contribution in [3.05, 3.63) is 96.2 Å². The molecule has 2 amide bonds. The molecule has 2 rings (SSSR count). The van der Waals surface area contributed by atoms with Crippen LogP contribution in [0.4, 0.5) is 4.39 Å². The van der Waals surface area contributed by atoms with Gasteiger partial charge in [-0.2, -0.15) is 0 Å². The van der Waals surface area contributed by atoms with E-state index < -0.39 is 17.6 Å². The molecule has 2 N–H and O–H groups in total. The summed E-state index contributed by atoms with van der Waals surface area (Å²) in [5, 5.41) is 5.34. The number of halogens is 1. The third-order valence-corrected chi connectivity index (χ3v) is 4.09. The van der Waals surface area contributed by atoms with Gasteiger partial charge in [-0.1, -0.05) is 31.4 Å². The molecule has 0 aliphatic rings. The number of carbonyl (C=O) groups is 2. The van der Waals surface area contributed by atoms with Crippen molar-refractivity contribution in [3.8, 4) is 5.75 Å². The highest BCUT2D eigenvalue weighted by Gasteiger charge is 2.15. The van der Waals surface area contributed by atoms with Gasteiger partial charge in [0, 0.05) is 18.7 Å². The predicted octanol–water partition coefficient (Wildman–Crippen LogP) is 3.35. The fraction of sp³-hybridized carbons (Fsp3) is 0.167. The molecule has 0 aliphatic heterocycles. The minimum Gasteiger partial charge on any atom is -0.458 e. The minimum atomic E-state index is -0.587. The van der Waals surface area contributed by atoms with Crippen molar-refractivity contribution in [1.82, 2.24) is 15.5 Å². The molecule has 7 heteroatoms. The van der Waals surface area contributed by atoms with Crippen LogP contribution in [0, 0.1) is 5.82 Å². The monoisotopic (exact) mass is 423 g/mol. The third kappa shape index (κ3) is 7.91. The average molecular weight is 423 g/mol. The van der Waals surface area contributed by atoms with E-state index in [1.807, 2.05) is 19.0 Å². The van der Waals surface area contributed by atoms with E-state index in [-0.39, 0.29) is 11.3 Å². The average Bonchev–Trinajstić information content (AvgIpc) is 2.74. The Balaban J connectivity index is 2.23. The number of benzene rings is 2. The fourth-order valence-electron chi connectivity index (χ4n) is 2.46. The Morgan fingerprint density at radius 2 is 1.87 bits per heavy atom. The molecule has 0 aromatic heterocycles. The SMILES string of the molecule is C=CC(=C)Oc1ccc(C=C(NC(=O)c2cccc(F)c2)C(=O)NCCN(C)C)cc1. The summed E-state index contributed by atoms with van der Waals surface area (Å²) in [5.74, 6) is -0.609. The maximum absolute atomic E-state index is 13.5. The number of nitrogens with zero attached hydrogens (tertiary/aromatic N) is 1. The number of nitrogens with one attached hydrogen (secondary N) is 2. The van der Waals surface area contributed by atoms with Gasteiger partial charge in [0.15, 0.2) is 0 Å². The number of carbonyl (C=O) groups excluding carboxylic acids is 2. The maximum atomic E-state index is 13.5. The van der Waals surface area contributed by atoms with E-state index in [4.69, 9.17) is 4.74 Å². The van der Waals surface area contributed by atoms with Gasteiger partial charge in [-0.15, -0.1) is 0 Å². The zero-order valence-electron chi connectivity index (χ0n) is 17.7. The van der Waals surface area contributed by atoms with Gasteiger partial charge >= 0.3 is 0 Å². The predicted molar refractivity (Wildman–Crippen MR) is 120 cm³/mol. The molecule has 31 heavy (non-hydrogen) atoms. The summed E-state index contributed by atoms with van der Waals surface area (Å²) in [7, 11) is 3.78. The van der Waals surface area contributed by atoms with Gasteiger partial charge in [0.2, 0.25) is 0 Å². The highest BCUT2D eigenvalue weighted by molar-refractivity contribution is 6.05. The van der Waals surface area contributed by atoms with Gasteiger partial charge in [-0.05, 0) is 62.1 Å². The summed E-state index contributed by atoms with van der Waals surface area (Å²) >= 11 is 0. The first-order chi connectivity index (χ1) is 14.8. The molecule has 0 aliphatic carbocycles. The molecule has 0 saturated carbocycles. The number of allylic oxidation sites excluding steroid dienone is 1. The first-order valence-corrected chi connectivity index (χ1v) is 9.59. The maximum Gasteiger partial charge on any atom is 0.267 e. The van der Waals surface area contributed by atoms with E-state index in [1.54, 1.807) is 24.3 Å². The first kappa shape index (κ1) is 23.6. The van der Waals surface area contributed by atoms with E-state index in [1.165, 1.54) is 30.4 Å². The van der Waals surface area contributed by atoms with E-state index in [9.17, 15) is 14.0 Å². The number of ether oxygens (including phenoxy) is 1. The number of hydrogen-bond donors (Lipinski definition) is 2. The lowest BCUT2D eigenvalue weighted by atomic mass is 10.1. The van der Waals surface area contributed by atoms with Crippen molar-refractivity contribution in [2.75, 3.05) is 27.2 Å². The van der Waals surface area contributed by atoms with Gasteiger partial charge < -0.3 is 20.3 Å². The summed E-state index contributed by atoms with van der Waals surface area (Å²) in [6.45, 7) is 8.30. The zero-order valence-corrected chi connectivity index (χ0v) is 17.7. The summed E-state index contributed by atoms with van der Waals surface area (Å²) in [5.41, 5.74) is 0.810. The number of hydrogen-bond acceptors (Lipinski definition) is 4. The van der Waals surface area contributed by atoms with Gasteiger partial charge in [-0.25, -0.2) is 4.39 Å². The van der Waals surface area contributed by atoms with Crippen molar-refractivity contribution in [3.63, 3.8) is 0 Å². The van der Waals surface area contributed by atoms with Gasteiger partial charge in [-0.3, -0.25) is 9.59 Å². The Morgan fingerprint density at radius 3 is 2.48 bits per heavy atom. The van der Waals surface area contributed by atoms with E-state index in [0.717, 1.165) is 6.07 Å². The molecule has 0 bridgehead atoms. The second-order valence-electron chi connectivity index (χ2n) is 6.92. The Labute approximate surface area is 181 Å². The lowest BCUT2D eigenvalue weighted by Gasteiger charge is -2.13. The summed E-state index contributed by atoms with van der Waals surface area (Å²) in [6, 6.07) is 12.1. The van der Waals surface area contributed by atoms with Crippen LogP contribution in [0.3, 0.4) is 0 Å². The molecule has 0 radical (unpaired) electrons. The lowest BCUT2D eigenvalue weighted by Crippen LogP contribution is -2.37. The number of rotatable bonds is 10. The third-order valence-electron chi connectivity index (χ3n) is 4.09. The van der Waals surface area contributed by atoms with Crippen LogP contribution in [0.15, 0.2) is 79.2 Å². The normalized spacial score (nSPS) is 11.0. The van der Waals surface area contributed by atoms with Crippen LogP contribution >= 0.6 is 0 Å². The van der Waals surface area contributed by atoms with E-state index in [2.05, 4.69) is 23.8 Å². The molecule has 162 valence electrons. The molecule has 0 fully saturated rings. The van der Waals surface area contributed by atoms with Crippen molar-refractivity contribution < 1.29 is 18.7 Å². The van der Waals surface area contributed by atoms with Crippen LogP contribution in [0.25, 0.3) is 6.08 Å². The van der Waals surface area contributed by atoms with E-state index >= 15 is 0 Å². The van der Waals surface area contributed by atoms with Gasteiger partial charge in [0.1, 0.15) is 23.0 Å². The van der Waals surface area contributed by atoms with Crippen molar-refractivity contribution in [2.24, 2.45) is 0 Å². The Kier molecular flexibility index (Phi) is 8.72. The fourth-order valence-corrected chi connectivity index (χ4v) is 2.46. The second kappa shape index (κ2) is 11.5. The molecule has 0 unspecified atom stereocenters. The Bertz CT molecular complexity index is 982. The molecule has 2 aromatic carbocycles. The van der Waals surface area contributed by atoms with Crippen molar-refractivity contribution >= 4 is 17.9 Å². The largest absolute Gasteiger partial charge is 0.458 e. The molecule has 0 spiro atoms. The van der Waals surface area contributed by atoms with Crippen LogP contribution in [-0.4, -0.2) is 43.9 Å². The lowest BCUT2D eigenvalue weighted by molar-refractivity contribution is -0.117. The zero-order chi connectivity index (χ0) is 22.8. The van der Waals surface area contributed by atoms with Crippen LogP contribution in [0.1, 0.15) is 15.9 Å². The second-order valence-corrected chi connectivity index (χ2v) is 6.92. The van der Waals surface area contributed by atoms with Gasteiger partial charge in [0.25, 0.3) is 11.8 Å². The molecular formula is C24H26FN3O3. The molecule has 6 nitrogen and oxygen atoms in total. The smallest absolute Gasteiger partial charge is 0.267 e. The molecular weight excluding hydrogens is 397 g/mol. The van der Waals surface area contributed by atoms with Crippen molar-refractivity contribution in [1.29, 1.82) is 0 Å². The molecule has 0 atom stereocenters. The minimum absolute atomic E-state index is 0.0391. The molecule has 0 heterocycles. The standard InChI is InChI=1S/C24H26FN3O3/c1-5-17(2)31-21-11-9-18(10-12-21)15-22(24(30)26-13-14-28(3)4)27-23(29)19-7-6-8-20(25)16-19/h5-12,15-16H,1-2,13-14H2,3-4H3,(H,26,30)(H,27,29). The summed E-state index contributed by atoms with van der Waals surface area (Å²) in [4.78, 5) is 27.1. The topological polar surface area (TPSA) is 70.7 Å². The summed E-state index contributed by atoms with van der Waals surface area (Å²) < 4.78 is 18.9. The summed E-state index contributed by atoms with van der Waals surface area (Å²) in [6.07, 6.45) is 3.03. The van der Waals surface area contributed by atoms with Crippen LogP contribution in [-0.2, 0) is 4.79 Å². The Hall–Kier alpha value is -3.71. The van der Waals surface area contributed by atoms with Crippen LogP contribution in [0.2, 0.25) is 0 Å². The molecule has 0 saturated heterocycles. The highest BCUT2D eigenvalue weighted by Crippen LogP contribution is 2.17. The van der Waals surface area contributed by atoms with Gasteiger partial charge in [0.05, 0.1) is 0 Å². The quantitative estimate of drug-likeness (QED) is 0.349. The van der Waals surface area contributed by atoms with Crippen LogP contribution < -0.4 is 15.4 Å². The van der Waals surface area contributed by atoms with Crippen molar-refractivity contribution in [2.45, 2.75) is 0 Å². The van der Waals surface area contributed by atoms with Crippen LogP contribution in [0.5, 0.6) is 5.75 Å². The highest BCUT2D eigenvalue weighted by atomic mass is 19.1. The number of amides is 2.